The van der Waals surface area contributed by atoms with E-state index in [9.17, 15) is 19.3 Å². The monoisotopic (exact) mass is 292 g/mol. The average Bonchev–Trinajstić information content (AvgIpc) is 2.87. The van der Waals surface area contributed by atoms with Gasteiger partial charge in [-0.15, -0.1) is 0 Å². The maximum atomic E-state index is 13.6. The number of anilines is 2. The second kappa shape index (κ2) is 5.61. The highest BCUT2D eigenvalue weighted by molar-refractivity contribution is 6.04. The molecule has 2 rings (SSSR count). The van der Waals surface area contributed by atoms with Crippen molar-refractivity contribution < 1.29 is 14.1 Å². The Hall–Kier alpha value is -2.90. The molecule has 1 amide bonds. The molecule has 2 aromatic rings. The summed E-state index contributed by atoms with van der Waals surface area (Å²) in [5, 5.41) is 13.1. The molecule has 0 spiro atoms. The van der Waals surface area contributed by atoms with Gasteiger partial charge in [0.25, 0.3) is 11.6 Å². The quantitative estimate of drug-likeness (QED) is 0.513. The fourth-order valence-corrected chi connectivity index (χ4v) is 1.87. The molecule has 0 aliphatic rings. The first kappa shape index (κ1) is 14.5. The number of amides is 1. The number of hydrogen-bond acceptors (Lipinski definition) is 4. The third-order valence-corrected chi connectivity index (χ3v) is 2.90. The zero-order valence-corrected chi connectivity index (χ0v) is 11.2. The Labute approximate surface area is 119 Å². The standard InChI is InChI=1S/C13H13FN4O3/c1-2-17-7-9(18(20)21)6-12(17)13(19)16-11-5-8(15)3-4-10(11)14/h3-7H,2,15H2,1H3,(H,16,19). The first-order chi connectivity index (χ1) is 9.92. The van der Waals surface area contributed by atoms with E-state index in [1.54, 1.807) is 6.92 Å². The van der Waals surface area contributed by atoms with Crippen molar-refractivity contribution in [2.24, 2.45) is 0 Å². The predicted octanol–water partition coefficient (Wildman–Crippen LogP) is 2.39. The van der Waals surface area contributed by atoms with Gasteiger partial charge >= 0.3 is 0 Å². The maximum Gasteiger partial charge on any atom is 0.287 e. The molecule has 0 radical (unpaired) electrons. The molecule has 3 N–H and O–H groups in total. The minimum atomic E-state index is -0.644. The van der Waals surface area contributed by atoms with E-state index in [2.05, 4.69) is 5.32 Å². The van der Waals surface area contributed by atoms with Crippen molar-refractivity contribution in [1.29, 1.82) is 0 Å². The predicted molar refractivity (Wildman–Crippen MR) is 75.5 cm³/mol. The van der Waals surface area contributed by atoms with E-state index in [0.717, 1.165) is 12.1 Å². The molecule has 0 saturated carbocycles. The van der Waals surface area contributed by atoms with E-state index in [0.29, 0.717) is 12.2 Å². The van der Waals surface area contributed by atoms with Crippen LogP contribution in [0.3, 0.4) is 0 Å². The first-order valence-corrected chi connectivity index (χ1v) is 6.13. The number of hydrogen-bond donors (Lipinski definition) is 2. The van der Waals surface area contributed by atoms with Gasteiger partial charge in [-0.2, -0.15) is 0 Å². The Morgan fingerprint density at radius 1 is 1.48 bits per heavy atom. The molecule has 110 valence electrons. The molecule has 8 heteroatoms. The fourth-order valence-electron chi connectivity index (χ4n) is 1.87. The van der Waals surface area contributed by atoms with Crippen LogP contribution in [0.4, 0.5) is 21.5 Å². The molecule has 1 aromatic carbocycles. The van der Waals surface area contributed by atoms with E-state index in [4.69, 9.17) is 5.73 Å². The van der Waals surface area contributed by atoms with Crippen LogP contribution in [0.1, 0.15) is 17.4 Å². The molecule has 0 bridgehead atoms. The van der Waals surface area contributed by atoms with Crippen LogP contribution in [0.25, 0.3) is 0 Å². The summed E-state index contributed by atoms with van der Waals surface area (Å²) in [5.41, 5.74) is 5.62. The normalized spacial score (nSPS) is 10.4. The van der Waals surface area contributed by atoms with Gasteiger partial charge < -0.3 is 15.6 Å². The van der Waals surface area contributed by atoms with Gasteiger partial charge in [0, 0.05) is 18.3 Å². The van der Waals surface area contributed by atoms with Crippen molar-refractivity contribution in [3.05, 3.63) is 52.1 Å². The van der Waals surface area contributed by atoms with Crippen LogP contribution in [0.5, 0.6) is 0 Å². The second-order valence-corrected chi connectivity index (χ2v) is 4.32. The number of halogens is 1. The molecule has 0 aliphatic carbocycles. The number of rotatable bonds is 4. The number of aromatic nitrogens is 1. The minimum absolute atomic E-state index is 0.0750. The minimum Gasteiger partial charge on any atom is -0.399 e. The highest BCUT2D eigenvalue weighted by Crippen LogP contribution is 2.21. The summed E-state index contributed by atoms with van der Waals surface area (Å²) in [6.45, 7) is 2.11. The summed E-state index contributed by atoms with van der Waals surface area (Å²) in [6, 6.07) is 4.92. The first-order valence-electron chi connectivity index (χ1n) is 6.13. The Morgan fingerprint density at radius 2 is 2.19 bits per heavy atom. The van der Waals surface area contributed by atoms with E-state index in [1.165, 1.54) is 22.9 Å². The van der Waals surface area contributed by atoms with Crippen LogP contribution in [-0.2, 0) is 6.54 Å². The summed E-state index contributed by atoms with van der Waals surface area (Å²) < 4.78 is 15.0. The lowest BCUT2D eigenvalue weighted by Crippen LogP contribution is -2.17. The third kappa shape index (κ3) is 2.99. The zero-order valence-electron chi connectivity index (χ0n) is 11.2. The van der Waals surface area contributed by atoms with Crippen molar-refractivity contribution in [2.45, 2.75) is 13.5 Å². The van der Waals surface area contributed by atoms with Crippen LogP contribution in [0.15, 0.2) is 30.5 Å². The smallest absolute Gasteiger partial charge is 0.287 e. The number of aryl methyl sites for hydroxylation is 1. The summed E-state index contributed by atoms with van der Waals surface area (Å²) >= 11 is 0. The summed E-state index contributed by atoms with van der Waals surface area (Å²) in [6.07, 6.45) is 1.25. The number of nitro groups is 1. The zero-order chi connectivity index (χ0) is 15.6. The van der Waals surface area contributed by atoms with E-state index in [1.807, 2.05) is 0 Å². The van der Waals surface area contributed by atoms with Gasteiger partial charge in [0.1, 0.15) is 11.5 Å². The van der Waals surface area contributed by atoms with Gasteiger partial charge in [-0.05, 0) is 25.1 Å². The average molecular weight is 292 g/mol. The number of carbonyl (C=O) groups excluding carboxylic acids is 1. The Balaban J connectivity index is 2.32. The Kier molecular flexibility index (Phi) is 3.88. The van der Waals surface area contributed by atoms with Crippen LogP contribution in [-0.4, -0.2) is 15.4 Å². The van der Waals surface area contributed by atoms with Gasteiger partial charge in [-0.25, -0.2) is 4.39 Å². The number of nitrogens with two attached hydrogens (primary N) is 1. The highest BCUT2D eigenvalue weighted by Gasteiger charge is 2.19. The van der Waals surface area contributed by atoms with Crippen LogP contribution in [0, 0.1) is 15.9 Å². The van der Waals surface area contributed by atoms with Gasteiger partial charge in [0.05, 0.1) is 16.8 Å². The molecule has 0 saturated heterocycles. The van der Waals surface area contributed by atoms with Crippen molar-refractivity contribution >= 4 is 23.0 Å². The molecule has 1 heterocycles. The second-order valence-electron chi connectivity index (χ2n) is 4.32. The fraction of sp³-hybridized carbons (Fsp3) is 0.154. The van der Waals surface area contributed by atoms with E-state index in [-0.39, 0.29) is 17.1 Å². The number of nitrogen functional groups attached to an aromatic ring is 1. The number of nitrogens with zero attached hydrogens (tertiary/aromatic N) is 2. The van der Waals surface area contributed by atoms with E-state index >= 15 is 0 Å². The van der Waals surface area contributed by atoms with Crippen LogP contribution < -0.4 is 11.1 Å². The van der Waals surface area contributed by atoms with Crippen molar-refractivity contribution in [2.75, 3.05) is 11.1 Å². The topological polar surface area (TPSA) is 103 Å². The molecular formula is C13H13FN4O3. The van der Waals surface area contributed by atoms with Gasteiger partial charge in [0.15, 0.2) is 0 Å². The van der Waals surface area contributed by atoms with Gasteiger partial charge in [0.2, 0.25) is 0 Å². The summed E-state index contributed by atoms with van der Waals surface area (Å²) in [7, 11) is 0. The molecule has 0 atom stereocenters. The number of benzene rings is 1. The lowest BCUT2D eigenvalue weighted by Gasteiger charge is -2.08. The maximum absolute atomic E-state index is 13.6. The molecule has 7 nitrogen and oxygen atoms in total. The lowest BCUT2D eigenvalue weighted by atomic mass is 10.2. The number of carbonyl (C=O) groups is 1. The van der Waals surface area contributed by atoms with Gasteiger partial charge in [-0.3, -0.25) is 14.9 Å². The molecule has 21 heavy (non-hydrogen) atoms. The van der Waals surface area contributed by atoms with Crippen LogP contribution >= 0.6 is 0 Å². The molecular weight excluding hydrogens is 279 g/mol. The van der Waals surface area contributed by atoms with Gasteiger partial charge in [-0.1, -0.05) is 0 Å². The SMILES string of the molecule is CCn1cc([N+](=O)[O-])cc1C(=O)Nc1cc(N)ccc1F. The molecule has 0 unspecified atom stereocenters. The van der Waals surface area contributed by atoms with Crippen molar-refractivity contribution in [3.8, 4) is 0 Å². The summed E-state index contributed by atoms with van der Waals surface area (Å²) in [5.74, 6) is -1.28. The van der Waals surface area contributed by atoms with Crippen molar-refractivity contribution in [3.63, 3.8) is 0 Å². The number of nitrogens with one attached hydrogen (secondary N) is 1. The Bertz CT molecular complexity index is 711. The Morgan fingerprint density at radius 3 is 2.81 bits per heavy atom. The third-order valence-electron chi connectivity index (χ3n) is 2.90. The van der Waals surface area contributed by atoms with Crippen molar-refractivity contribution in [1.82, 2.24) is 4.57 Å². The van der Waals surface area contributed by atoms with E-state index < -0.39 is 16.6 Å². The summed E-state index contributed by atoms with van der Waals surface area (Å²) in [4.78, 5) is 22.3. The van der Waals surface area contributed by atoms with Crippen LogP contribution in [0.2, 0.25) is 0 Å². The molecule has 0 aliphatic heterocycles. The highest BCUT2D eigenvalue weighted by atomic mass is 19.1. The molecule has 0 fully saturated rings. The lowest BCUT2D eigenvalue weighted by molar-refractivity contribution is -0.384. The molecule has 1 aromatic heterocycles. The largest absolute Gasteiger partial charge is 0.399 e.